The van der Waals surface area contributed by atoms with E-state index in [-0.39, 0.29) is 5.82 Å². The Kier molecular flexibility index (Phi) is 8.06. The van der Waals surface area contributed by atoms with Gasteiger partial charge in [0.25, 0.3) is 0 Å². The largest absolute Gasteiger partial charge is 0.378 e. The number of nitrogens with zero attached hydrogens (tertiary/aromatic N) is 4. The van der Waals surface area contributed by atoms with E-state index in [1.165, 1.54) is 31.4 Å². The molecule has 2 fully saturated rings. The van der Waals surface area contributed by atoms with Gasteiger partial charge in [-0.15, -0.1) is 0 Å². The van der Waals surface area contributed by atoms with Crippen LogP contribution in [0.4, 0.5) is 22.0 Å². The van der Waals surface area contributed by atoms with Gasteiger partial charge in [0, 0.05) is 38.8 Å². The van der Waals surface area contributed by atoms with E-state index in [9.17, 15) is 4.39 Å². The third-order valence-corrected chi connectivity index (χ3v) is 6.03. The van der Waals surface area contributed by atoms with Gasteiger partial charge in [0.05, 0.1) is 13.2 Å². The summed E-state index contributed by atoms with van der Waals surface area (Å²) < 4.78 is 18.5. The number of anilines is 3. The first-order valence-electron chi connectivity index (χ1n) is 11.4. The minimum absolute atomic E-state index is 0.208. The Bertz CT molecular complexity index is 848. The molecule has 7 nitrogen and oxygen atoms in total. The van der Waals surface area contributed by atoms with Gasteiger partial charge in [0.2, 0.25) is 5.95 Å². The van der Waals surface area contributed by atoms with Gasteiger partial charge in [0.15, 0.2) is 5.11 Å². The first-order valence-corrected chi connectivity index (χ1v) is 11.8. The van der Waals surface area contributed by atoms with Crippen LogP contribution >= 0.6 is 12.2 Å². The molecule has 0 aliphatic carbocycles. The summed E-state index contributed by atoms with van der Waals surface area (Å²) in [5.74, 6) is 2.17. The zero-order valence-electron chi connectivity index (χ0n) is 18.4. The van der Waals surface area contributed by atoms with Crippen LogP contribution in [0.25, 0.3) is 0 Å². The second kappa shape index (κ2) is 11.4. The molecule has 9 heteroatoms. The van der Waals surface area contributed by atoms with Crippen LogP contribution in [0.15, 0.2) is 30.3 Å². The van der Waals surface area contributed by atoms with E-state index in [0.29, 0.717) is 30.8 Å². The van der Waals surface area contributed by atoms with Crippen molar-refractivity contribution in [3.8, 4) is 0 Å². The topological polar surface area (TPSA) is 65.6 Å². The summed E-state index contributed by atoms with van der Waals surface area (Å²) in [6.45, 7) is 5.81. The number of thiocarbonyl (C=S) groups is 1. The molecule has 2 N–H and O–H groups in total. The maximum atomic E-state index is 13.0. The Morgan fingerprint density at radius 2 is 1.62 bits per heavy atom. The van der Waals surface area contributed by atoms with Crippen LogP contribution in [0.2, 0.25) is 0 Å². The first-order chi connectivity index (χ1) is 15.7. The fraction of sp³-hybridized carbons (Fsp3) is 0.522. The average molecular weight is 459 g/mol. The van der Waals surface area contributed by atoms with Crippen LogP contribution in [0.3, 0.4) is 0 Å². The Morgan fingerprint density at radius 1 is 0.969 bits per heavy atom. The second-order valence-electron chi connectivity index (χ2n) is 8.17. The quantitative estimate of drug-likeness (QED) is 0.484. The van der Waals surface area contributed by atoms with Crippen molar-refractivity contribution in [2.75, 3.05) is 61.1 Å². The maximum Gasteiger partial charge on any atom is 0.232 e. The van der Waals surface area contributed by atoms with Crippen molar-refractivity contribution in [3.05, 3.63) is 41.7 Å². The molecule has 4 rings (SSSR count). The molecular formula is C23H31FN6OS. The summed E-state index contributed by atoms with van der Waals surface area (Å²) in [7, 11) is 0. The third kappa shape index (κ3) is 6.49. The second-order valence-corrected chi connectivity index (χ2v) is 8.57. The number of ether oxygens (including phenoxy) is 1. The normalized spacial score (nSPS) is 16.7. The predicted octanol–water partition coefficient (Wildman–Crippen LogP) is 3.36. The monoisotopic (exact) mass is 458 g/mol. The standard InChI is InChI=1S/C23H31FN6OS/c24-19-8-6-18(7-9-19)5-4-10-25-23(32)28-22-26-20(29-11-2-1-3-12-29)17-21(27-22)30-13-15-31-16-14-30/h6-9,17H,1-5,10-16H2,(H2,25,26,27,28,32). The number of morpholine rings is 1. The van der Waals surface area contributed by atoms with E-state index in [1.54, 1.807) is 0 Å². The van der Waals surface area contributed by atoms with Crippen molar-refractivity contribution in [2.24, 2.45) is 0 Å². The van der Waals surface area contributed by atoms with Gasteiger partial charge in [-0.25, -0.2) is 4.39 Å². The van der Waals surface area contributed by atoms with Gasteiger partial charge in [-0.05, 0) is 62.0 Å². The van der Waals surface area contributed by atoms with E-state index in [4.69, 9.17) is 26.9 Å². The van der Waals surface area contributed by atoms with E-state index < -0.39 is 0 Å². The van der Waals surface area contributed by atoms with Crippen LogP contribution in [-0.2, 0) is 11.2 Å². The van der Waals surface area contributed by atoms with Gasteiger partial charge in [-0.3, -0.25) is 0 Å². The smallest absolute Gasteiger partial charge is 0.232 e. The lowest BCUT2D eigenvalue weighted by Crippen LogP contribution is -2.38. The Balaban J connectivity index is 1.36. The van der Waals surface area contributed by atoms with Crippen molar-refractivity contribution in [3.63, 3.8) is 0 Å². The minimum atomic E-state index is -0.208. The molecule has 2 aliphatic heterocycles. The summed E-state index contributed by atoms with van der Waals surface area (Å²) in [5, 5.41) is 6.91. The van der Waals surface area contributed by atoms with Gasteiger partial charge >= 0.3 is 0 Å². The Hall–Kier alpha value is -2.52. The van der Waals surface area contributed by atoms with Crippen LogP contribution < -0.4 is 20.4 Å². The van der Waals surface area contributed by atoms with Crippen LogP contribution in [-0.4, -0.2) is 61.0 Å². The molecule has 0 bridgehead atoms. The molecule has 2 saturated heterocycles. The lowest BCUT2D eigenvalue weighted by atomic mass is 10.1. The SMILES string of the molecule is Fc1ccc(CCCNC(=S)Nc2nc(N3CCCCC3)cc(N3CCOCC3)n2)cc1. The highest BCUT2D eigenvalue weighted by molar-refractivity contribution is 7.80. The molecule has 0 unspecified atom stereocenters. The van der Waals surface area contributed by atoms with Crippen LogP contribution in [0.1, 0.15) is 31.2 Å². The molecule has 32 heavy (non-hydrogen) atoms. The third-order valence-electron chi connectivity index (χ3n) is 5.78. The minimum Gasteiger partial charge on any atom is -0.378 e. The molecule has 0 radical (unpaired) electrons. The Morgan fingerprint density at radius 3 is 2.31 bits per heavy atom. The zero-order chi connectivity index (χ0) is 22.2. The van der Waals surface area contributed by atoms with Crippen LogP contribution in [0.5, 0.6) is 0 Å². The van der Waals surface area contributed by atoms with E-state index in [0.717, 1.165) is 56.2 Å². The fourth-order valence-electron chi connectivity index (χ4n) is 4.01. The molecule has 0 atom stereocenters. The molecule has 1 aromatic heterocycles. The molecule has 3 heterocycles. The van der Waals surface area contributed by atoms with Gasteiger partial charge in [-0.2, -0.15) is 9.97 Å². The molecular weight excluding hydrogens is 427 g/mol. The summed E-state index contributed by atoms with van der Waals surface area (Å²) in [6.07, 6.45) is 5.40. The lowest BCUT2D eigenvalue weighted by molar-refractivity contribution is 0.122. The highest BCUT2D eigenvalue weighted by atomic mass is 32.1. The molecule has 0 saturated carbocycles. The maximum absolute atomic E-state index is 13.0. The molecule has 0 spiro atoms. The van der Waals surface area contributed by atoms with Crippen molar-refractivity contribution >= 4 is 34.9 Å². The molecule has 2 aliphatic rings. The van der Waals surface area contributed by atoms with Gasteiger partial charge in [-0.1, -0.05) is 12.1 Å². The van der Waals surface area contributed by atoms with E-state index >= 15 is 0 Å². The number of hydrogen-bond donors (Lipinski definition) is 2. The van der Waals surface area contributed by atoms with Crippen molar-refractivity contribution in [1.82, 2.24) is 15.3 Å². The molecule has 0 amide bonds. The van der Waals surface area contributed by atoms with Crippen LogP contribution in [0, 0.1) is 5.82 Å². The van der Waals surface area contributed by atoms with Gasteiger partial charge in [0.1, 0.15) is 17.5 Å². The summed E-state index contributed by atoms with van der Waals surface area (Å²) >= 11 is 5.48. The number of aromatic nitrogens is 2. The summed E-state index contributed by atoms with van der Waals surface area (Å²) in [6, 6.07) is 8.71. The fourth-order valence-corrected chi connectivity index (χ4v) is 4.20. The van der Waals surface area contributed by atoms with Crippen molar-refractivity contribution < 1.29 is 9.13 Å². The number of halogens is 1. The predicted molar refractivity (Wildman–Crippen MR) is 130 cm³/mol. The average Bonchev–Trinajstić information content (AvgIpc) is 2.84. The van der Waals surface area contributed by atoms with E-state index in [2.05, 4.69) is 26.5 Å². The molecule has 1 aromatic carbocycles. The number of piperidine rings is 1. The Labute approximate surface area is 194 Å². The number of nitrogens with one attached hydrogen (secondary N) is 2. The number of rotatable bonds is 7. The van der Waals surface area contributed by atoms with Gasteiger partial charge < -0.3 is 25.2 Å². The van der Waals surface area contributed by atoms with Crippen molar-refractivity contribution in [1.29, 1.82) is 0 Å². The zero-order valence-corrected chi connectivity index (χ0v) is 19.2. The molecule has 2 aromatic rings. The highest BCUT2D eigenvalue weighted by Gasteiger charge is 2.19. The highest BCUT2D eigenvalue weighted by Crippen LogP contribution is 2.24. The first kappa shape index (κ1) is 22.7. The summed E-state index contributed by atoms with van der Waals surface area (Å²) in [4.78, 5) is 14.1. The molecule has 172 valence electrons. The number of aryl methyl sites for hydroxylation is 1. The summed E-state index contributed by atoms with van der Waals surface area (Å²) in [5.41, 5.74) is 1.11. The van der Waals surface area contributed by atoms with Crippen molar-refractivity contribution in [2.45, 2.75) is 32.1 Å². The lowest BCUT2D eigenvalue weighted by Gasteiger charge is -2.31. The van der Waals surface area contributed by atoms with E-state index in [1.807, 2.05) is 12.1 Å². The number of benzene rings is 1. The number of hydrogen-bond acceptors (Lipinski definition) is 6.